The molecule has 2 fully saturated rings. The van der Waals surface area contributed by atoms with E-state index in [4.69, 9.17) is 4.98 Å². The molecule has 2 aliphatic rings. The molecule has 0 amide bonds. The Bertz CT molecular complexity index is 419. The number of anilines is 2. The minimum absolute atomic E-state index is 0.681. The van der Waals surface area contributed by atoms with E-state index in [1.54, 1.807) is 0 Å². The molecule has 0 spiro atoms. The second-order valence-corrected chi connectivity index (χ2v) is 8.58. The summed E-state index contributed by atoms with van der Waals surface area (Å²) in [5.41, 5.74) is 0. The molecule has 2 unspecified atom stereocenters. The van der Waals surface area contributed by atoms with Crippen LogP contribution in [-0.2, 0) is 0 Å². The van der Waals surface area contributed by atoms with Gasteiger partial charge in [-0.05, 0) is 0 Å². The first-order valence-electron chi connectivity index (χ1n) is 7.27. The average Bonchev–Trinajstić information content (AvgIpc) is 2.47. The molecule has 20 heavy (non-hydrogen) atoms. The predicted octanol–water partition coefficient (Wildman–Crippen LogP) is 2.36. The van der Waals surface area contributed by atoms with Gasteiger partial charge in [0.25, 0.3) is 0 Å². The van der Waals surface area contributed by atoms with Crippen LogP contribution in [-0.4, -0.2) is 58.2 Å². The van der Waals surface area contributed by atoms with Crippen LogP contribution >= 0.6 is 23.5 Å². The van der Waals surface area contributed by atoms with Gasteiger partial charge in [0, 0.05) is 48.2 Å². The molecule has 2 saturated heterocycles. The van der Waals surface area contributed by atoms with E-state index in [0.29, 0.717) is 10.5 Å². The second kappa shape index (κ2) is 6.43. The summed E-state index contributed by atoms with van der Waals surface area (Å²) in [4.78, 5) is 14.0. The molecule has 2 aliphatic heterocycles. The number of rotatable bonds is 2. The lowest BCUT2D eigenvalue weighted by Crippen LogP contribution is -2.39. The van der Waals surface area contributed by atoms with Crippen molar-refractivity contribution < 1.29 is 0 Å². The van der Waals surface area contributed by atoms with E-state index >= 15 is 0 Å². The summed E-state index contributed by atoms with van der Waals surface area (Å²) in [6, 6.07) is 0. The highest BCUT2D eigenvalue weighted by molar-refractivity contribution is 8.00. The van der Waals surface area contributed by atoms with Gasteiger partial charge >= 0.3 is 0 Å². The highest BCUT2D eigenvalue weighted by atomic mass is 32.2. The zero-order valence-electron chi connectivity index (χ0n) is 12.2. The van der Waals surface area contributed by atoms with Crippen molar-refractivity contribution >= 4 is 35.2 Å². The molecule has 1 aromatic heterocycles. The van der Waals surface area contributed by atoms with Gasteiger partial charge in [0.05, 0.1) is 12.4 Å². The molecule has 110 valence electrons. The van der Waals surface area contributed by atoms with Crippen LogP contribution in [0.1, 0.15) is 13.8 Å². The molecule has 2 atom stereocenters. The first-order chi connectivity index (χ1) is 9.72. The van der Waals surface area contributed by atoms with Crippen molar-refractivity contribution in [3.63, 3.8) is 0 Å². The smallest absolute Gasteiger partial charge is 0.149 e. The topological polar surface area (TPSA) is 32.3 Å². The third kappa shape index (κ3) is 3.34. The Labute approximate surface area is 129 Å². The van der Waals surface area contributed by atoms with Gasteiger partial charge in [0.2, 0.25) is 0 Å². The van der Waals surface area contributed by atoms with E-state index in [1.807, 2.05) is 35.9 Å². The summed E-state index contributed by atoms with van der Waals surface area (Å²) in [6.45, 7) is 8.90. The average molecular weight is 310 g/mol. The Balaban J connectivity index is 1.75. The number of thioether (sulfide) groups is 2. The summed E-state index contributed by atoms with van der Waals surface area (Å²) >= 11 is 4.09. The minimum Gasteiger partial charge on any atom is -0.353 e. The van der Waals surface area contributed by atoms with Crippen LogP contribution in [0, 0.1) is 0 Å². The van der Waals surface area contributed by atoms with Crippen molar-refractivity contribution in [2.75, 3.05) is 47.5 Å². The van der Waals surface area contributed by atoms with Gasteiger partial charge in [-0.15, -0.1) is 0 Å². The van der Waals surface area contributed by atoms with Crippen molar-refractivity contribution in [3.05, 3.63) is 12.4 Å². The summed E-state index contributed by atoms with van der Waals surface area (Å²) in [5, 5.41) is 1.36. The Morgan fingerprint density at radius 2 is 1.45 bits per heavy atom. The van der Waals surface area contributed by atoms with Gasteiger partial charge in [-0.2, -0.15) is 23.5 Å². The molecule has 1 aromatic rings. The molecular weight excluding hydrogens is 288 g/mol. The lowest BCUT2D eigenvalue weighted by atomic mass is 10.3. The van der Waals surface area contributed by atoms with Crippen LogP contribution in [0.2, 0.25) is 0 Å². The Kier molecular flexibility index (Phi) is 4.61. The minimum atomic E-state index is 0.681. The van der Waals surface area contributed by atoms with Crippen LogP contribution in [0.3, 0.4) is 0 Å². The van der Waals surface area contributed by atoms with Crippen LogP contribution in [0.4, 0.5) is 11.6 Å². The molecule has 0 saturated carbocycles. The molecular formula is C14H22N4S2. The fraction of sp³-hybridized carbons (Fsp3) is 0.714. The quantitative estimate of drug-likeness (QED) is 0.834. The molecule has 4 nitrogen and oxygen atoms in total. The van der Waals surface area contributed by atoms with Crippen LogP contribution < -0.4 is 9.80 Å². The molecule has 0 bridgehead atoms. The van der Waals surface area contributed by atoms with Crippen LogP contribution in [0.25, 0.3) is 0 Å². The fourth-order valence-corrected chi connectivity index (χ4v) is 4.73. The molecule has 3 rings (SSSR count). The van der Waals surface area contributed by atoms with Crippen molar-refractivity contribution in [1.29, 1.82) is 0 Å². The first-order valence-corrected chi connectivity index (χ1v) is 9.37. The molecule has 0 aromatic carbocycles. The van der Waals surface area contributed by atoms with E-state index in [9.17, 15) is 0 Å². The Hall–Kier alpha value is -0.620. The van der Waals surface area contributed by atoms with E-state index in [1.165, 1.54) is 11.5 Å². The van der Waals surface area contributed by atoms with Gasteiger partial charge in [-0.1, -0.05) is 13.8 Å². The molecule has 0 N–H and O–H groups in total. The second-order valence-electron chi connectivity index (χ2n) is 5.49. The maximum Gasteiger partial charge on any atom is 0.149 e. The fourth-order valence-electron chi connectivity index (χ4n) is 2.70. The SMILES string of the molecule is CC1CN(c2cncc(N3CCSC(C)C3)n2)CCS1. The Morgan fingerprint density at radius 1 is 0.950 bits per heavy atom. The lowest BCUT2D eigenvalue weighted by Gasteiger charge is -2.34. The zero-order valence-corrected chi connectivity index (χ0v) is 13.8. The molecule has 0 radical (unpaired) electrons. The van der Waals surface area contributed by atoms with Crippen LogP contribution in [0.5, 0.6) is 0 Å². The van der Waals surface area contributed by atoms with Gasteiger partial charge in [-0.25, -0.2) is 4.98 Å². The molecule has 6 heteroatoms. The first kappa shape index (κ1) is 14.3. The van der Waals surface area contributed by atoms with E-state index in [0.717, 1.165) is 37.8 Å². The lowest BCUT2D eigenvalue weighted by molar-refractivity contribution is 0.746. The number of hydrogen-bond donors (Lipinski definition) is 0. The van der Waals surface area contributed by atoms with Crippen molar-refractivity contribution in [2.24, 2.45) is 0 Å². The summed E-state index contributed by atoms with van der Waals surface area (Å²) in [6.07, 6.45) is 3.82. The van der Waals surface area contributed by atoms with Gasteiger partial charge < -0.3 is 9.80 Å². The third-order valence-electron chi connectivity index (χ3n) is 3.74. The number of aromatic nitrogens is 2. The Morgan fingerprint density at radius 3 is 1.90 bits per heavy atom. The maximum atomic E-state index is 4.86. The van der Waals surface area contributed by atoms with E-state index in [-0.39, 0.29) is 0 Å². The molecule has 3 heterocycles. The number of hydrogen-bond acceptors (Lipinski definition) is 6. The van der Waals surface area contributed by atoms with E-state index in [2.05, 4.69) is 28.6 Å². The van der Waals surface area contributed by atoms with Gasteiger partial charge in [-0.3, -0.25) is 4.98 Å². The zero-order chi connectivity index (χ0) is 13.9. The third-order valence-corrected chi connectivity index (χ3v) is 6.01. The van der Waals surface area contributed by atoms with Gasteiger partial charge in [0.1, 0.15) is 11.6 Å². The number of nitrogens with zero attached hydrogens (tertiary/aromatic N) is 4. The van der Waals surface area contributed by atoms with E-state index < -0.39 is 0 Å². The monoisotopic (exact) mass is 310 g/mol. The predicted molar refractivity (Wildman–Crippen MR) is 90.3 cm³/mol. The van der Waals surface area contributed by atoms with Crippen LogP contribution in [0.15, 0.2) is 12.4 Å². The highest BCUT2D eigenvalue weighted by Gasteiger charge is 2.21. The van der Waals surface area contributed by atoms with Crippen molar-refractivity contribution in [2.45, 2.75) is 24.3 Å². The summed E-state index contributed by atoms with van der Waals surface area (Å²) in [5.74, 6) is 4.45. The summed E-state index contributed by atoms with van der Waals surface area (Å²) in [7, 11) is 0. The van der Waals surface area contributed by atoms with Gasteiger partial charge in [0.15, 0.2) is 0 Å². The summed E-state index contributed by atoms with van der Waals surface area (Å²) < 4.78 is 0. The molecule has 0 aliphatic carbocycles. The van der Waals surface area contributed by atoms with Crippen molar-refractivity contribution in [1.82, 2.24) is 9.97 Å². The highest BCUT2D eigenvalue weighted by Crippen LogP contribution is 2.25. The largest absolute Gasteiger partial charge is 0.353 e. The normalized spacial score (nSPS) is 27.7. The standard InChI is InChI=1S/C14H22N4S2/c1-11-9-17(3-5-19-11)13-7-15-8-14(16-13)18-4-6-20-12(2)10-18/h7-8,11-12H,3-6,9-10H2,1-2H3. The maximum absolute atomic E-state index is 4.86. The van der Waals surface area contributed by atoms with Crippen molar-refractivity contribution in [3.8, 4) is 0 Å².